The number of ether oxygens (including phenoxy) is 2. The van der Waals surface area contributed by atoms with Gasteiger partial charge in [0.15, 0.2) is 0 Å². The van der Waals surface area contributed by atoms with Gasteiger partial charge in [0.05, 0.1) is 24.5 Å². The van der Waals surface area contributed by atoms with Crippen LogP contribution >= 0.6 is 15.9 Å². The maximum Gasteiger partial charge on any atom is 0.312 e. The van der Waals surface area contributed by atoms with E-state index in [9.17, 15) is 19.5 Å². The maximum atomic E-state index is 14.3. The van der Waals surface area contributed by atoms with Crippen molar-refractivity contribution in [2.24, 2.45) is 11.8 Å². The predicted octanol–water partition coefficient (Wildman–Crippen LogP) is 2.81. The van der Waals surface area contributed by atoms with Crippen LogP contribution in [0.1, 0.15) is 64.7 Å². The van der Waals surface area contributed by atoms with Gasteiger partial charge in [0.2, 0.25) is 11.8 Å². The molecule has 3 aliphatic heterocycles. The Labute approximate surface area is 216 Å². The summed E-state index contributed by atoms with van der Waals surface area (Å²) >= 11 is 3.69. The number of amides is 2. The number of hydrogen-bond donors (Lipinski definition) is 1. The first kappa shape index (κ1) is 26.6. The van der Waals surface area contributed by atoms with Gasteiger partial charge in [-0.1, -0.05) is 41.3 Å². The van der Waals surface area contributed by atoms with E-state index < -0.39 is 35.6 Å². The number of unbranched alkanes of at least 4 members (excludes halogenated alkanes) is 2. The van der Waals surface area contributed by atoms with Crippen LogP contribution < -0.4 is 0 Å². The van der Waals surface area contributed by atoms with Crippen molar-refractivity contribution in [3.05, 3.63) is 12.7 Å². The topological polar surface area (TPSA) is 96.4 Å². The van der Waals surface area contributed by atoms with Gasteiger partial charge in [-0.15, -0.1) is 6.58 Å². The van der Waals surface area contributed by atoms with E-state index >= 15 is 0 Å². The summed E-state index contributed by atoms with van der Waals surface area (Å²) in [5.41, 5.74) is -1.05. The third-order valence-electron chi connectivity index (χ3n) is 8.26. The van der Waals surface area contributed by atoms with Crippen molar-refractivity contribution in [2.75, 3.05) is 26.3 Å². The van der Waals surface area contributed by atoms with Crippen LogP contribution in [0.4, 0.5) is 0 Å². The van der Waals surface area contributed by atoms with E-state index in [2.05, 4.69) is 22.5 Å². The van der Waals surface area contributed by atoms with Crippen molar-refractivity contribution in [3.63, 3.8) is 0 Å². The van der Waals surface area contributed by atoms with Gasteiger partial charge in [-0.05, 0) is 45.4 Å². The third kappa shape index (κ3) is 4.68. The number of aliphatic hydroxyl groups excluding tert-OH is 1. The molecule has 1 N–H and O–H groups in total. The van der Waals surface area contributed by atoms with Crippen molar-refractivity contribution in [3.8, 4) is 0 Å². The minimum atomic E-state index is -1.05. The van der Waals surface area contributed by atoms with Crippen LogP contribution in [0.25, 0.3) is 0 Å². The van der Waals surface area contributed by atoms with Gasteiger partial charge < -0.3 is 24.4 Å². The fraction of sp³-hybridized carbons (Fsp3) is 0.808. The molecule has 0 aromatic heterocycles. The molecule has 4 fully saturated rings. The molecule has 1 aliphatic carbocycles. The quantitative estimate of drug-likeness (QED) is 0.182. The number of nitrogens with zero attached hydrogens (tertiary/aromatic N) is 2. The molecular weight excluding hydrogens is 516 g/mol. The second-order valence-corrected chi connectivity index (χ2v) is 11.5. The van der Waals surface area contributed by atoms with E-state index in [4.69, 9.17) is 9.47 Å². The van der Waals surface area contributed by atoms with Gasteiger partial charge in [-0.25, -0.2) is 0 Å². The Balaban J connectivity index is 1.70. The molecular formula is C26H39BrN2O6. The average molecular weight is 556 g/mol. The number of carbonyl (C=O) groups is 3. The Hall–Kier alpha value is -1.45. The summed E-state index contributed by atoms with van der Waals surface area (Å²) in [7, 11) is 0. The molecule has 0 aromatic carbocycles. The van der Waals surface area contributed by atoms with Crippen LogP contribution in [0.3, 0.4) is 0 Å². The highest BCUT2D eigenvalue weighted by atomic mass is 79.9. The zero-order valence-corrected chi connectivity index (χ0v) is 22.3. The molecule has 3 heterocycles. The van der Waals surface area contributed by atoms with E-state index in [1.807, 2.05) is 4.90 Å². The van der Waals surface area contributed by atoms with Crippen molar-refractivity contribution in [1.82, 2.24) is 9.80 Å². The number of aliphatic hydroxyl groups is 1. The Morgan fingerprint density at radius 2 is 2.03 bits per heavy atom. The number of fused-ring (bicyclic) bond motifs is 1. The fourth-order valence-electron chi connectivity index (χ4n) is 6.84. The Morgan fingerprint density at radius 1 is 1.29 bits per heavy atom. The van der Waals surface area contributed by atoms with Gasteiger partial charge in [-0.3, -0.25) is 14.4 Å². The minimum Gasteiger partial charge on any atom is -0.466 e. The summed E-state index contributed by atoms with van der Waals surface area (Å²) in [4.78, 5) is 44.7. The van der Waals surface area contributed by atoms with Crippen LogP contribution in [-0.2, 0) is 23.9 Å². The number of halogens is 1. The molecule has 4 rings (SSSR count). The Kier molecular flexibility index (Phi) is 8.59. The second kappa shape index (κ2) is 11.3. The standard InChI is InChI=1S/C26H39BrN2O6/c1-3-13-28(17-11-7-5-8-12-17)24(32)22-26-16-18(27)21(35-26)19(25(33)34-4-2)20(26)23(31)29(22)14-9-6-10-15-30/h3,17-22,30H,1,4-16H2,2H3/t18?,19-,20-,21-,22?,26?/m0/s1. The van der Waals surface area contributed by atoms with E-state index in [0.29, 0.717) is 32.4 Å². The first-order valence-electron chi connectivity index (χ1n) is 13.2. The summed E-state index contributed by atoms with van der Waals surface area (Å²) in [5.74, 6) is -2.15. The Morgan fingerprint density at radius 3 is 2.69 bits per heavy atom. The molecule has 0 aromatic rings. The lowest BCUT2D eigenvalue weighted by atomic mass is 9.70. The van der Waals surface area contributed by atoms with Crippen LogP contribution in [0, 0.1) is 11.8 Å². The normalized spacial score (nSPS) is 34.2. The fourth-order valence-corrected chi connectivity index (χ4v) is 7.78. The molecule has 2 amide bonds. The van der Waals surface area contributed by atoms with Gasteiger partial charge >= 0.3 is 5.97 Å². The molecule has 9 heteroatoms. The van der Waals surface area contributed by atoms with E-state index in [1.54, 1.807) is 17.9 Å². The lowest BCUT2D eigenvalue weighted by Gasteiger charge is -2.41. The van der Waals surface area contributed by atoms with E-state index in [0.717, 1.165) is 32.1 Å². The van der Waals surface area contributed by atoms with Crippen molar-refractivity contribution < 1.29 is 29.0 Å². The van der Waals surface area contributed by atoms with Crippen LogP contribution in [0.5, 0.6) is 0 Å². The molecule has 1 spiro atoms. The smallest absolute Gasteiger partial charge is 0.312 e. The lowest BCUT2D eigenvalue weighted by molar-refractivity contribution is -0.155. The summed E-state index contributed by atoms with van der Waals surface area (Å²) in [6.45, 7) is 6.79. The first-order valence-corrected chi connectivity index (χ1v) is 14.1. The monoisotopic (exact) mass is 554 g/mol. The molecule has 35 heavy (non-hydrogen) atoms. The molecule has 3 saturated heterocycles. The number of esters is 1. The first-order chi connectivity index (χ1) is 16.9. The van der Waals surface area contributed by atoms with Crippen LogP contribution in [0.15, 0.2) is 12.7 Å². The van der Waals surface area contributed by atoms with Crippen molar-refractivity contribution in [2.45, 2.75) is 93.3 Å². The summed E-state index contributed by atoms with van der Waals surface area (Å²) in [6, 6.07) is -0.657. The predicted molar refractivity (Wildman–Crippen MR) is 134 cm³/mol. The molecule has 3 unspecified atom stereocenters. The van der Waals surface area contributed by atoms with E-state index in [-0.39, 0.29) is 35.9 Å². The molecule has 2 bridgehead atoms. The Bertz CT molecular complexity index is 818. The van der Waals surface area contributed by atoms with Gasteiger partial charge in [0.1, 0.15) is 11.6 Å². The molecule has 6 atom stereocenters. The number of alkyl halides is 1. The van der Waals surface area contributed by atoms with E-state index in [1.165, 1.54) is 6.42 Å². The highest BCUT2D eigenvalue weighted by Crippen LogP contribution is 2.60. The summed E-state index contributed by atoms with van der Waals surface area (Å²) < 4.78 is 11.9. The summed E-state index contributed by atoms with van der Waals surface area (Å²) in [6.07, 6.45) is 9.08. The number of rotatable bonds is 11. The zero-order chi connectivity index (χ0) is 25.2. The average Bonchev–Trinajstić information content (AvgIpc) is 3.44. The van der Waals surface area contributed by atoms with Gasteiger partial charge in [0.25, 0.3) is 0 Å². The van der Waals surface area contributed by atoms with Crippen LogP contribution in [0.2, 0.25) is 0 Å². The number of likely N-dealkylation sites (tertiary alicyclic amines) is 1. The maximum absolute atomic E-state index is 14.3. The largest absolute Gasteiger partial charge is 0.466 e. The van der Waals surface area contributed by atoms with Crippen LogP contribution in [-0.4, -0.2) is 87.6 Å². The van der Waals surface area contributed by atoms with Crippen molar-refractivity contribution in [1.29, 1.82) is 0 Å². The molecule has 0 radical (unpaired) electrons. The number of carbonyl (C=O) groups excluding carboxylic acids is 3. The highest BCUT2D eigenvalue weighted by molar-refractivity contribution is 9.09. The summed E-state index contributed by atoms with van der Waals surface area (Å²) in [5, 5.41) is 9.19. The van der Waals surface area contributed by atoms with Gasteiger partial charge in [-0.2, -0.15) is 0 Å². The second-order valence-electron chi connectivity index (χ2n) is 10.3. The zero-order valence-electron chi connectivity index (χ0n) is 20.7. The van der Waals surface area contributed by atoms with Crippen molar-refractivity contribution >= 4 is 33.7 Å². The minimum absolute atomic E-state index is 0.0959. The van der Waals surface area contributed by atoms with Gasteiger partial charge in [0, 0.05) is 30.6 Å². The number of hydrogen-bond acceptors (Lipinski definition) is 6. The lowest BCUT2D eigenvalue weighted by Crippen LogP contribution is -2.58. The SMILES string of the molecule is C=CCN(C(=O)C1N(CCCCCO)C(=O)[C@@H]2[C@H](C(=O)OCC)[C@H]3OC12CC3Br)C1CCCCC1. The molecule has 4 aliphatic rings. The molecule has 196 valence electrons. The highest BCUT2D eigenvalue weighted by Gasteiger charge is 2.77. The molecule has 1 saturated carbocycles. The third-order valence-corrected chi connectivity index (χ3v) is 9.11. The molecule has 8 nitrogen and oxygen atoms in total.